The Morgan fingerprint density at radius 1 is 1.21 bits per heavy atom. The summed E-state index contributed by atoms with van der Waals surface area (Å²) in [5.74, 6) is 0. The van der Waals surface area contributed by atoms with Crippen molar-refractivity contribution < 1.29 is 0 Å². The number of thiocarbonyl (C=S) groups is 1. The third-order valence-corrected chi connectivity index (χ3v) is 1.95. The largest absolute Gasteiger partial charge is 0.278 e. The minimum absolute atomic E-state index is 0.809. The van der Waals surface area contributed by atoms with Gasteiger partial charge in [0.25, 0.3) is 0 Å². The maximum absolute atomic E-state index is 4.51. The Morgan fingerprint density at radius 3 is 2.57 bits per heavy atom. The fourth-order valence-corrected chi connectivity index (χ4v) is 1.29. The van der Waals surface area contributed by atoms with Crippen molar-refractivity contribution in [1.82, 2.24) is 10.2 Å². The van der Waals surface area contributed by atoms with E-state index in [1.165, 1.54) is 0 Å². The Labute approximate surface area is 86.5 Å². The Morgan fingerprint density at radius 2 is 2.00 bits per heavy atom. The van der Waals surface area contributed by atoms with E-state index in [1.807, 2.05) is 30.3 Å². The first kappa shape index (κ1) is 8.81. The molecule has 0 aliphatic heterocycles. The Bertz CT molecular complexity index is 453. The third kappa shape index (κ3) is 1.76. The predicted octanol–water partition coefficient (Wildman–Crippen LogP) is 2.81. The fourth-order valence-electron chi connectivity index (χ4n) is 1.18. The molecule has 0 radical (unpaired) electrons. The highest BCUT2D eigenvalue weighted by molar-refractivity contribution is 7.78. The van der Waals surface area contributed by atoms with Crippen molar-refractivity contribution in [3.63, 3.8) is 0 Å². The van der Waals surface area contributed by atoms with Crippen LogP contribution in [-0.4, -0.2) is 15.4 Å². The van der Waals surface area contributed by atoms with Gasteiger partial charge in [-0.05, 0) is 36.0 Å². The monoisotopic (exact) mass is 201 g/mol. The molecule has 1 N–H and O–H groups in total. The van der Waals surface area contributed by atoms with Crippen LogP contribution < -0.4 is 0 Å². The smallest absolute Gasteiger partial charge is 0.0740 e. The van der Waals surface area contributed by atoms with Gasteiger partial charge < -0.3 is 0 Å². The average Bonchev–Trinajstić information content (AvgIpc) is 2.72. The zero-order valence-corrected chi connectivity index (χ0v) is 8.08. The van der Waals surface area contributed by atoms with Crippen LogP contribution in [-0.2, 0) is 0 Å². The number of aliphatic imine (C=N–C) groups is 1. The van der Waals surface area contributed by atoms with Crippen molar-refractivity contribution in [3.05, 3.63) is 36.5 Å². The molecular weight excluding hydrogens is 194 g/mol. The molecule has 1 aromatic carbocycles. The van der Waals surface area contributed by atoms with E-state index < -0.39 is 0 Å². The summed E-state index contributed by atoms with van der Waals surface area (Å²) >= 11 is 4.51. The van der Waals surface area contributed by atoms with Crippen molar-refractivity contribution in [2.24, 2.45) is 4.99 Å². The van der Waals surface area contributed by atoms with Gasteiger partial charge in [-0.25, -0.2) is 0 Å². The summed E-state index contributed by atoms with van der Waals surface area (Å²) in [7, 11) is 0. The molecule has 0 aliphatic rings. The average molecular weight is 201 g/mol. The molecule has 4 heteroatoms. The molecule has 68 valence electrons. The van der Waals surface area contributed by atoms with Gasteiger partial charge in [0.1, 0.15) is 0 Å². The molecule has 1 heterocycles. The Kier molecular flexibility index (Phi) is 2.49. The van der Waals surface area contributed by atoms with Crippen molar-refractivity contribution in [2.75, 3.05) is 0 Å². The Hall–Kier alpha value is -1.77. The second-order valence-electron chi connectivity index (χ2n) is 2.72. The van der Waals surface area contributed by atoms with Gasteiger partial charge in [0.2, 0.25) is 0 Å². The summed E-state index contributed by atoms with van der Waals surface area (Å²) in [6.45, 7) is 0. The molecule has 0 atom stereocenters. The fraction of sp³-hybridized carbons (Fsp3) is 0. The first-order valence-electron chi connectivity index (χ1n) is 4.08. The SMILES string of the molecule is S=C=Nc1ccc(-c2ccn[nH]2)cc1. The van der Waals surface area contributed by atoms with Crippen LogP contribution in [0.4, 0.5) is 5.69 Å². The molecule has 0 fully saturated rings. The lowest BCUT2D eigenvalue weighted by atomic mass is 10.1. The van der Waals surface area contributed by atoms with Crippen molar-refractivity contribution in [1.29, 1.82) is 0 Å². The van der Waals surface area contributed by atoms with Gasteiger partial charge >= 0.3 is 0 Å². The summed E-state index contributed by atoms with van der Waals surface area (Å²) in [6.07, 6.45) is 1.72. The molecule has 0 bridgehead atoms. The molecule has 0 aliphatic carbocycles. The summed E-state index contributed by atoms with van der Waals surface area (Å²) in [5, 5.41) is 9.09. The minimum Gasteiger partial charge on any atom is -0.278 e. The van der Waals surface area contributed by atoms with E-state index in [2.05, 4.69) is 32.6 Å². The molecule has 2 aromatic rings. The molecule has 3 nitrogen and oxygen atoms in total. The van der Waals surface area contributed by atoms with Crippen molar-refractivity contribution >= 4 is 23.1 Å². The molecule has 0 spiro atoms. The number of hydrogen-bond acceptors (Lipinski definition) is 3. The molecule has 1 aromatic heterocycles. The normalized spacial score (nSPS) is 9.43. The van der Waals surface area contributed by atoms with E-state index in [0.717, 1.165) is 16.9 Å². The zero-order chi connectivity index (χ0) is 9.80. The van der Waals surface area contributed by atoms with Crippen LogP contribution in [0.2, 0.25) is 0 Å². The van der Waals surface area contributed by atoms with Crippen LogP contribution in [0.5, 0.6) is 0 Å². The number of aromatic nitrogens is 2. The first-order valence-corrected chi connectivity index (χ1v) is 4.48. The number of H-pyrrole nitrogens is 1. The molecular formula is C10H7N3S. The molecule has 0 unspecified atom stereocenters. The Balaban J connectivity index is 2.35. The second kappa shape index (κ2) is 3.96. The summed E-state index contributed by atoms with van der Waals surface area (Å²) in [5.41, 5.74) is 2.87. The van der Waals surface area contributed by atoms with Gasteiger partial charge in [-0.1, -0.05) is 12.1 Å². The highest BCUT2D eigenvalue weighted by Crippen LogP contribution is 2.19. The number of rotatable bonds is 2. The quantitative estimate of drug-likeness (QED) is 0.599. The standard InChI is InChI=1S/C10H7N3S/c14-7-11-9-3-1-8(2-4-9)10-5-6-12-13-10/h1-6H,(H,12,13). The topological polar surface area (TPSA) is 41.0 Å². The zero-order valence-electron chi connectivity index (χ0n) is 7.27. The van der Waals surface area contributed by atoms with E-state index >= 15 is 0 Å². The van der Waals surface area contributed by atoms with Gasteiger partial charge in [-0.3, -0.25) is 5.10 Å². The summed E-state index contributed by atoms with van der Waals surface area (Å²) in [6, 6.07) is 9.60. The lowest BCUT2D eigenvalue weighted by Crippen LogP contribution is -1.76. The van der Waals surface area contributed by atoms with Gasteiger partial charge in [0.15, 0.2) is 0 Å². The number of isothiocyanates is 1. The lowest BCUT2D eigenvalue weighted by molar-refractivity contribution is 1.10. The minimum atomic E-state index is 0.809. The number of nitrogens with one attached hydrogen (secondary N) is 1. The van der Waals surface area contributed by atoms with Crippen LogP contribution in [0.1, 0.15) is 0 Å². The molecule has 0 saturated heterocycles. The van der Waals surface area contributed by atoms with Gasteiger partial charge in [0, 0.05) is 6.20 Å². The first-order chi connectivity index (χ1) is 6.90. The number of hydrogen-bond donors (Lipinski definition) is 1. The third-order valence-electron chi connectivity index (χ3n) is 1.85. The maximum Gasteiger partial charge on any atom is 0.0740 e. The van der Waals surface area contributed by atoms with Crippen LogP contribution in [0.3, 0.4) is 0 Å². The molecule has 2 rings (SSSR count). The molecule has 0 amide bonds. The van der Waals surface area contributed by atoms with Crippen LogP contribution >= 0.6 is 12.2 Å². The number of benzene rings is 1. The van der Waals surface area contributed by atoms with E-state index in [1.54, 1.807) is 6.20 Å². The highest BCUT2D eigenvalue weighted by Gasteiger charge is 1.97. The molecule has 14 heavy (non-hydrogen) atoms. The molecule has 0 saturated carbocycles. The van der Waals surface area contributed by atoms with Gasteiger partial charge in [0.05, 0.1) is 16.5 Å². The number of aromatic amines is 1. The summed E-state index contributed by atoms with van der Waals surface area (Å²) < 4.78 is 0. The van der Waals surface area contributed by atoms with Crippen LogP contribution in [0.25, 0.3) is 11.3 Å². The van der Waals surface area contributed by atoms with Crippen molar-refractivity contribution in [3.8, 4) is 11.3 Å². The summed E-state index contributed by atoms with van der Waals surface area (Å²) in [4.78, 5) is 3.87. The number of nitrogens with zero attached hydrogens (tertiary/aromatic N) is 2. The maximum atomic E-state index is 4.51. The van der Waals surface area contributed by atoms with E-state index in [0.29, 0.717) is 0 Å². The van der Waals surface area contributed by atoms with Gasteiger partial charge in [-0.2, -0.15) is 10.1 Å². The predicted molar refractivity (Wildman–Crippen MR) is 58.7 cm³/mol. The van der Waals surface area contributed by atoms with E-state index in [9.17, 15) is 0 Å². The second-order valence-corrected chi connectivity index (χ2v) is 2.90. The van der Waals surface area contributed by atoms with Crippen molar-refractivity contribution in [2.45, 2.75) is 0 Å². The van der Waals surface area contributed by atoms with E-state index in [4.69, 9.17) is 0 Å². The van der Waals surface area contributed by atoms with Crippen LogP contribution in [0, 0.1) is 0 Å². The highest BCUT2D eigenvalue weighted by atomic mass is 32.1. The van der Waals surface area contributed by atoms with E-state index in [-0.39, 0.29) is 0 Å². The lowest BCUT2D eigenvalue weighted by Gasteiger charge is -1.96. The van der Waals surface area contributed by atoms with Gasteiger partial charge in [-0.15, -0.1) is 0 Å². The van der Waals surface area contributed by atoms with Crippen LogP contribution in [0.15, 0.2) is 41.5 Å².